The van der Waals surface area contributed by atoms with Gasteiger partial charge in [-0.1, -0.05) is 31.4 Å². The molecular formula is C29H45N3O5. The number of hydrogen-bond acceptors (Lipinski definition) is 6. The Balaban J connectivity index is 0.000000270. The number of fused-ring (bicyclic) bond motifs is 2. The van der Waals surface area contributed by atoms with Crippen LogP contribution in [0.2, 0.25) is 0 Å². The minimum Gasteiger partial charge on any atom is -0.479 e. The van der Waals surface area contributed by atoms with Gasteiger partial charge >= 0.3 is 5.97 Å². The molecule has 4 fully saturated rings. The molecule has 3 atom stereocenters. The Morgan fingerprint density at radius 3 is 2.38 bits per heavy atom. The molecule has 1 saturated carbocycles. The summed E-state index contributed by atoms with van der Waals surface area (Å²) in [5, 5.41) is 12.2. The van der Waals surface area contributed by atoms with Crippen molar-refractivity contribution in [2.75, 3.05) is 26.2 Å². The molecule has 3 heterocycles. The van der Waals surface area contributed by atoms with Crippen LogP contribution in [0.3, 0.4) is 0 Å². The van der Waals surface area contributed by atoms with Crippen LogP contribution in [-0.2, 0) is 14.3 Å². The van der Waals surface area contributed by atoms with Crippen LogP contribution in [-0.4, -0.2) is 72.1 Å². The predicted octanol–water partition coefficient (Wildman–Crippen LogP) is 3.89. The maximum atomic E-state index is 11.5. The monoisotopic (exact) mass is 515 g/mol. The summed E-state index contributed by atoms with van der Waals surface area (Å²) in [7, 11) is 0. The minimum atomic E-state index is -0.967. The van der Waals surface area contributed by atoms with E-state index in [4.69, 9.17) is 20.3 Å². The van der Waals surface area contributed by atoms with Crippen molar-refractivity contribution in [3.8, 4) is 0 Å². The summed E-state index contributed by atoms with van der Waals surface area (Å²) in [4.78, 5) is 24.5. The summed E-state index contributed by atoms with van der Waals surface area (Å²) < 4.78 is 10.00. The third-order valence-electron chi connectivity index (χ3n) is 8.52. The number of piperidine rings is 1. The van der Waals surface area contributed by atoms with Crippen molar-refractivity contribution in [2.24, 2.45) is 11.7 Å². The van der Waals surface area contributed by atoms with Crippen molar-refractivity contribution in [2.45, 2.75) is 102 Å². The van der Waals surface area contributed by atoms with E-state index in [-0.39, 0.29) is 12.5 Å². The van der Waals surface area contributed by atoms with Crippen molar-refractivity contribution in [1.82, 2.24) is 10.2 Å². The Hall–Kier alpha value is -2.00. The highest BCUT2D eigenvalue weighted by molar-refractivity contribution is 5.92. The zero-order chi connectivity index (χ0) is 26.4. The Kier molecular flexibility index (Phi) is 9.62. The van der Waals surface area contributed by atoms with Gasteiger partial charge in [0.25, 0.3) is 0 Å². The number of carbonyl (C=O) groups is 2. The molecule has 3 saturated heterocycles. The number of rotatable bonds is 8. The highest BCUT2D eigenvalue weighted by Crippen LogP contribution is 2.42. The van der Waals surface area contributed by atoms with Gasteiger partial charge in [0.1, 0.15) is 0 Å². The van der Waals surface area contributed by atoms with Gasteiger partial charge in [0.2, 0.25) is 5.91 Å². The molecule has 1 amide bonds. The quantitative estimate of drug-likeness (QED) is 0.450. The Bertz CT molecular complexity index is 903. The largest absolute Gasteiger partial charge is 0.479 e. The number of nitrogens with zero attached hydrogens (tertiary/aromatic N) is 1. The molecule has 0 spiro atoms. The fourth-order valence-corrected chi connectivity index (χ4v) is 6.57. The molecule has 2 unspecified atom stereocenters. The van der Waals surface area contributed by atoms with Gasteiger partial charge < -0.3 is 25.6 Å². The van der Waals surface area contributed by atoms with Crippen LogP contribution in [0.25, 0.3) is 0 Å². The van der Waals surface area contributed by atoms with E-state index < -0.39 is 17.9 Å². The molecule has 37 heavy (non-hydrogen) atoms. The lowest BCUT2D eigenvalue weighted by atomic mass is 9.84. The van der Waals surface area contributed by atoms with Gasteiger partial charge in [-0.25, -0.2) is 4.79 Å². The van der Waals surface area contributed by atoms with Crippen molar-refractivity contribution in [1.29, 1.82) is 0 Å². The average Bonchev–Trinajstić information content (AvgIpc) is 3.36. The van der Waals surface area contributed by atoms with Gasteiger partial charge in [0.05, 0.1) is 6.61 Å². The second kappa shape index (κ2) is 12.7. The third kappa shape index (κ3) is 7.76. The van der Waals surface area contributed by atoms with Gasteiger partial charge in [-0.3, -0.25) is 9.69 Å². The second-order valence-electron chi connectivity index (χ2n) is 11.6. The number of carboxylic acid groups (broad SMARTS) is 1. The molecule has 1 aromatic carbocycles. The van der Waals surface area contributed by atoms with Gasteiger partial charge in [-0.05, 0) is 88.4 Å². The maximum Gasteiger partial charge on any atom is 0.335 e. The summed E-state index contributed by atoms with van der Waals surface area (Å²) >= 11 is 0. The first-order valence-corrected chi connectivity index (χ1v) is 14.1. The number of hydrogen-bond donors (Lipinski definition) is 3. The van der Waals surface area contributed by atoms with Crippen LogP contribution in [0.5, 0.6) is 0 Å². The average molecular weight is 516 g/mol. The molecule has 206 valence electrons. The minimum absolute atomic E-state index is 0.141. The van der Waals surface area contributed by atoms with Crippen LogP contribution in [0.1, 0.15) is 93.5 Å². The Labute approximate surface area is 221 Å². The predicted molar refractivity (Wildman–Crippen MR) is 142 cm³/mol. The molecule has 0 aromatic heterocycles. The highest BCUT2D eigenvalue weighted by atomic mass is 16.7. The molecule has 8 heteroatoms. The van der Waals surface area contributed by atoms with E-state index in [9.17, 15) is 9.59 Å². The number of carbonyl (C=O) groups excluding carboxylic acids is 1. The first kappa shape index (κ1) is 28.0. The number of aliphatic carboxylic acids is 1. The molecule has 2 bridgehead atoms. The standard InChI is InChI=1S/C23H35N3O.C6H10O4/c24-23(27)19-8-4-7-18(13-19)20-14-21-9-10-22(15-20)26(21)12-11-25-16-17-5-2-1-3-6-17;1-6(2)9-3-4(10-6)5(7)8/h4,7-8,13,17,20-22,25H,1-3,5-6,9-12,14-16H2,(H2,24,27);4H,3H2,1-2H3,(H,7,8)/t;4-/m.0/s1. The van der Waals surface area contributed by atoms with E-state index in [1.807, 2.05) is 18.2 Å². The summed E-state index contributed by atoms with van der Waals surface area (Å²) in [6.45, 7) is 7.06. The Morgan fingerprint density at radius 1 is 1.11 bits per heavy atom. The molecule has 1 aromatic rings. The van der Waals surface area contributed by atoms with Crippen LogP contribution in [0, 0.1) is 5.92 Å². The van der Waals surface area contributed by atoms with E-state index in [0.717, 1.165) is 12.5 Å². The highest BCUT2D eigenvalue weighted by Gasteiger charge is 2.40. The first-order valence-electron chi connectivity index (χ1n) is 14.1. The van der Waals surface area contributed by atoms with Crippen molar-refractivity contribution in [3.05, 3.63) is 35.4 Å². The van der Waals surface area contributed by atoms with Crippen molar-refractivity contribution in [3.63, 3.8) is 0 Å². The Morgan fingerprint density at radius 2 is 1.81 bits per heavy atom. The fraction of sp³-hybridized carbons (Fsp3) is 0.724. The van der Waals surface area contributed by atoms with E-state index in [0.29, 0.717) is 23.6 Å². The molecule has 0 radical (unpaired) electrons. The van der Waals surface area contributed by atoms with Crippen molar-refractivity contribution >= 4 is 11.9 Å². The number of nitrogens with one attached hydrogen (secondary N) is 1. The number of carboxylic acids is 1. The van der Waals surface area contributed by atoms with Crippen LogP contribution >= 0.6 is 0 Å². The van der Waals surface area contributed by atoms with Gasteiger partial charge in [-0.15, -0.1) is 0 Å². The summed E-state index contributed by atoms with van der Waals surface area (Å²) in [5.41, 5.74) is 7.42. The molecule has 4 aliphatic rings. The zero-order valence-corrected chi connectivity index (χ0v) is 22.5. The summed E-state index contributed by atoms with van der Waals surface area (Å²) in [6, 6.07) is 9.43. The molecule has 4 N–H and O–H groups in total. The fourth-order valence-electron chi connectivity index (χ4n) is 6.57. The molecular weight excluding hydrogens is 470 g/mol. The number of primary amides is 1. The third-order valence-corrected chi connectivity index (χ3v) is 8.52. The van der Waals surface area contributed by atoms with E-state index in [1.165, 1.54) is 76.4 Å². The molecule has 8 nitrogen and oxygen atoms in total. The molecule has 5 rings (SSSR count). The number of nitrogens with two attached hydrogens (primary N) is 1. The number of ether oxygens (including phenoxy) is 2. The van der Waals surface area contributed by atoms with Gasteiger partial charge in [0.15, 0.2) is 11.9 Å². The zero-order valence-electron chi connectivity index (χ0n) is 22.5. The van der Waals surface area contributed by atoms with Gasteiger partial charge in [-0.2, -0.15) is 0 Å². The van der Waals surface area contributed by atoms with Crippen LogP contribution in [0.4, 0.5) is 0 Å². The second-order valence-corrected chi connectivity index (χ2v) is 11.6. The maximum absolute atomic E-state index is 11.5. The van der Waals surface area contributed by atoms with E-state index in [1.54, 1.807) is 13.8 Å². The lowest BCUT2D eigenvalue weighted by Crippen LogP contribution is -2.45. The first-order chi connectivity index (χ1) is 17.7. The summed E-state index contributed by atoms with van der Waals surface area (Å²) in [5.74, 6) is -0.526. The SMILES string of the molecule is CC1(C)OC[C@@H](C(=O)O)O1.NC(=O)c1cccc(C2CC3CCC(C2)N3CCNCC2CCCCC2)c1. The topological polar surface area (TPSA) is 114 Å². The van der Waals surface area contributed by atoms with Gasteiger partial charge in [0, 0.05) is 30.7 Å². The molecule has 3 aliphatic heterocycles. The van der Waals surface area contributed by atoms with E-state index >= 15 is 0 Å². The summed E-state index contributed by atoms with van der Waals surface area (Å²) in [6.07, 6.45) is 11.5. The number of benzene rings is 1. The van der Waals surface area contributed by atoms with E-state index in [2.05, 4.69) is 16.3 Å². The lowest BCUT2D eigenvalue weighted by molar-refractivity contribution is -0.164. The lowest BCUT2D eigenvalue weighted by Gasteiger charge is -2.39. The smallest absolute Gasteiger partial charge is 0.335 e. The van der Waals surface area contributed by atoms with Crippen LogP contribution < -0.4 is 11.1 Å². The van der Waals surface area contributed by atoms with Crippen molar-refractivity contribution < 1.29 is 24.2 Å². The number of amides is 1. The van der Waals surface area contributed by atoms with Crippen LogP contribution in [0.15, 0.2) is 24.3 Å². The molecule has 1 aliphatic carbocycles. The normalized spacial score (nSPS) is 29.5.